The molecule has 0 aliphatic heterocycles. The minimum absolute atomic E-state index is 0.121. The van der Waals surface area contributed by atoms with E-state index in [1.165, 1.54) is 0 Å². The summed E-state index contributed by atoms with van der Waals surface area (Å²) in [4.78, 5) is 4.05. The number of aromatic nitrogens is 1. The van der Waals surface area contributed by atoms with Crippen molar-refractivity contribution in [1.29, 1.82) is 0 Å². The van der Waals surface area contributed by atoms with E-state index in [0.717, 1.165) is 11.1 Å². The number of rotatable bonds is 9. The predicted octanol–water partition coefficient (Wildman–Crippen LogP) is 2.84. The Kier molecular flexibility index (Phi) is 7.02. The molecule has 1 aromatic carbocycles. The highest BCUT2D eigenvalue weighted by atomic mass is 35.5. The van der Waals surface area contributed by atoms with E-state index in [4.69, 9.17) is 16.3 Å². The van der Waals surface area contributed by atoms with Gasteiger partial charge in [0.1, 0.15) is 12.4 Å². The van der Waals surface area contributed by atoms with Crippen molar-refractivity contribution >= 4 is 21.4 Å². The molecule has 0 fully saturated rings. The second-order valence-electron chi connectivity index (χ2n) is 5.32. The largest absolute Gasteiger partial charge is 0.489 e. The average Bonchev–Trinajstić information content (AvgIpc) is 2.59. The Balaban J connectivity index is 1.94. The number of halogens is 1. The van der Waals surface area contributed by atoms with Crippen LogP contribution in [0.4, 0.5) is 0 Å². The van der Waals surface area contributed by atoms with Crippen LogP contribution >= 0.6 is 11.6 Å². The molecule has 1 aromatic heterocycles. The smallest absolute Gasteiger partial charge is 0.151 e. The van der Waals surface area contributed by atoms with Crippen LogP contribution in [0.2, 0.25) is 5.02 Å². The van der Waals surface area contributed by atoms with Gasteiger partial charge in [-0.15, -0.1) is 0 Å². The third-order valence-electron chi connectivity index (χ3n) is 3.48. The minimum Gasteiger partial charge on any atom is -0.489 e. The third-order valence-corrected chi connectivity index (χ3v) is 5.43. The lowest BCUT2D eigenvalue weighted by Gasteiger charge is -2.13. The Labute approximate surface area is 147 Å². The molecule has 0 aliphatic carbocycles. The van der Waals surface area contributed by atoms with Crippen molar-refractivity contribution in [1.82, 2.24) is 10.3 Å². The standard InChI is InChI=1S/C17H21ClN2O3S/c1-2-24(21,22)9-8-20-12-15-10-16(18)5-6-17(15)23-13-14-4-3-7-19-11-14/h3-7,10-11,20H,2,8-9,12-13H2,1H3. The zero-order chi connectivity index (χ0) is 17.4. The van der Waals surface area contributed by atoms with Crippen LogP contribution < -0.4 is 10.1 Å². The number of hydrogen-bond acceptors (Lipinski definition) is 5. The van der Waals surface area contributed by atoms with Crippen LogP contribution in [0, 0.1) is 0 Å². The van der Waals surface area contributed by atoms with Gasteiger partial charge in [-0.25, -0.2) is 8.42 Å². The van der Waals surface area contributed by atoms with Gasteiger partial charge >= 0.3 is 0 Å². The molecule has 0 spiro atoms. The molecule has 0 saturated heterocycles. The van der Waals surface area contributed by atoms with Gasteiger partial charge in [0.25, 0.3) is 0 Å². The van der Waals surface area contributed by atoms with Crippen molar-refractivity contribution in [3.05, 3.63) is 58.9 Å². The Morgan fingerprint density at radius 2 is 2.12 bits per heavy atom. The molecule has 1 N–H and O–H groups in total. The summed E-state index contributed by atoms with van der Waals surface area (Å²) in [5, 5.41) is 3.74. The van der Waals surface area contributed by atoms with Crippen molar-refractivity contribution in [2.75, 3.05) is 18.1 Å². The molecule has 1 heterocycles. The van der Waals surface area contributed by atoms with E-state index in [-0.39, 0.29) is 11.5 Å². The van der Waals surface area contributed by atoms with Crippen LogP contribution in [0.15, 0.2) is 42.7 Å². The molecule has 130 valence electrons. The maximum absolute atomic E-state index is 11.5. The van der Waals surface area contributed by atoms with Crippen LogP contribution in [0.1, 0.15) is 18.1 Å². The minimum atomic E-state index is -2.97. The SMILES string of the molecule is CCS(=O)(=O)CCNCc1cc(Cl)ccc1OCc1cccnc1. The fourth-order valence-electron chi connectivity index (χ4n) is 2.07. The first kappa shape index (κ1) is 18.7. The van der Waals surface area contributed by atoms with Crippen molar-refractivity contribution in [3.8, 4) is 5.75 Å². The predicted molar refractivity (Wildman–Crippen MR) is 96.1 cm³/mol. The molecule has 5 nitrogen and oxygen atoms in total. The lowest BCUT2D eigenvalue weighted by atomic mass is 10.2. The van der Waals surface area contributed by atoms with Gasteiger partial charge in [0, 0.05) is 47.4 Å². The Bertz CT molecular complexity index is 752. The molecule has 0 saturated carbocycles. The molecule has 0 aliphatic rings. The highest BCUT2D eigenvalue weighted by Crippen LogP contribution is 2.23. The van der Waals surface area contributed by atoms with E-state index < -0.39 is 9.84 Å². The topological polar surface area (TPSA) is 68.3 Å². The second-order valence-corrected chi connectivity index (χ2v) is 8.22. The highest BCUT2D eigenvalue weighted by Gasteiger charge is 2.08. The number of hydrogen-bond donors (Lipinski definition) is 1. The van der Waals surface area contributed by atoms with E-state index in [1.54, 1.807) is 25.4 Å². The summed E-state index contributed by atoms with van der Waals surface area (Å²) in [5.74, 6) is 0.996. The van der Waals surface area contributed by atoms with Crippen molar-refractivity contribution in [2.24, 2.45) is 0 Å². The fraction of sp³-hybridized carbons (Fsp3) is 0.353. The summed E-state index contributed by atoms with van der Waals surface area (Å²) in [7, 11) is -2.97. The van der Waals surface area contributed by atoms with Gasteiger partial charge in [-0.3, -0.25) is 4.98 Å². The van der Waals surface area contributed by atoms with E-state index in [0.29, 0.717) is 30.5 Å². The third kappa shape index (κ3) is 6.11. The summed E-state index contributed by atoms with van der Waals surface area (Å²) in [6, 6.07) is 9.21. The van der Waals surface area contributed by atoms with Crippen LogP contribution in [0.25, 0.3) is 0 Å². The number of sulfone groups is 1. The molecule has 0 radical (unpaired) electrons. The van der Waals surface area contributed by atoms with E-state index in [2.05, 4.69) is 10.3 Å². The van der Waals surface area contributed by atoms with Crippen LogP contribution in [0.3, 0.4) is 0 Å². The van der Waals surface area contributed by atoms with Gasteiger partial charge in [0.15, 0.2) is 9.84 Å². The van der Waals surface area contributed by atoms with E-state index in [9.17, 15) is 8.42 Å². The molecule has 2 aromatic rings. The Hall–Kier alpha value is -1.63. The fourth-order valence-corrected chi connectivity index (χ4v) is 3.01. The molecule has 24 heavy (non-hydrogen) atoms. The molecule has 0 bridgehead atoms. The number of benzene rings is 1. The first-order chi connectivity index (χ1) is 11.5. The number of pyridine rings is 1. The summed E-state index contributed by atoms with van der Waals surface area (Å²) in [5.41, 5.74) is 1.86. The quantitative estimate of drug-likeness (QED) is 0.689. The monoisotopic (exact) mass is 368 g/mol. The van der Waals surface area contributed by atoms with Crippen molar-refractivity contribution in [3.63, 3.8) is 0 Å². The Morgan fingerprint density at radius 3 is 2.83 bits per heavy atom. The molecule has 2 rings (SSSR count). The zero-order valence-corrected chi connectivity index (χ0v) is 15.1. The molecule has 0 amide bonds. The lowest BCUT2D eigenvalue weighted by molar-refractivity contribution is 0.302. The van der Waals surface area contributed by atoms with E-state index >= 15 is 0 Å². The second kappa shape index (κ2) is 9.01. The van der Waals surface area contributed by atoms with Crippen molar-refractivity contribution in [2.45, 2.75) is 20.1 Å². The van der Waals surface area contributed by atoms with Gasteiger partial charge < -0.3 is 10.1 Å². The van der Waals surface area contributed by atoms with Crippen LogP contribution in [-0.4, -0.2) is 31.5 Å². The summed E-state index contributed by atoms with van der Waals surface area (Å²) in [6.45, 7) is 2.94. The van der Waals surface area contributed by atoms with Crippen molar-refractivity contribution < 1.29 is 13.2 Å². The molecule has 7 heteroatoms. The maximum Gasteiger partial charge on any atom is 0.151 e. The zero-order valence-electron chi connectivity index (χ0n) is 13.5. The Morgan fingerprint density at radius 1 is 1.29 bits per heavy atom. The molecular weight excluding hydrogens is 348 g/mol. The number of ether oxygens (including phenoxy) is 1. The lowest BCUT2D eigenvalue weighted by Crippen LogP contribution is -2.23. The summed E-state index contributed by atoms with van der Waals surface area (Å²) >= 11 is 6.05. The molecular formula is C17H21ClN2O3S. The van der Waals surface area contributed by atoms with E-state index in [1.807, 2.05) is 24.3 Å². The average molecular weight is 369 g/mol. The van der Waals surface area contributed by atoms with Gasteiger partial charge in [-0.1, -0.05) is 24.6 Å². The van der Waals surface area contributed by atoms with Gasteiger partial charge in [0.05, 0.1) is 5.75 Å². The first-order valence-corrected chi connectivity index (χ1v) is 9.91. The van der Waals surface area contributed by atoms with Gasteiger partial charge in [-0.05, 0) is 24.3 Å². The normalized spacial score (nSPS) is 11.4. The van der Waals surface area contributed by atoms with Crippen LogP contribution in [0.5, 0.6) is 5.75 Å². The number of nitrogens with zero attached hydrogens (tertiary/aromatic N) is 1. The molecule has 0 atom stereocenters. The number of nitrogens with one attached hydrogen (secondary N) is 1. The summed E-state index contributed by atoms with van der Waals surface area (Å²) in [6.07, 6.45) is 3.47. The maximum atomic E-state index is 11.5. The first-order valence-electron chi connectivity index (χ1n) is 7.71. The molecule has 0 unspecified atom stereocenters. The summed E-state index contributed by atoms with van der Waals surface area (Å²) < 4.78 is 28.8. The van der Waals surface area contributed by atoms with Gasteiger partial charge in [-0.2, -0.15) is 0 Å². The van der Waals surface area contributed by atoms with Crippen LogP contribution in [-0.2, 0) is 23.0 Å². The highest BCUT2D eigenvalue weighted by molar-refractivity contribution is 7.91. The van der Waals surface area contributed by atoms with Gasteiger partial charge in [0.2, 0.25) is 0 Å².